The second-order valence-corrected chi connectivity index (χ2v) is 15.2. The number of ketones is 1. The summed E-state index contributed by atoms with van der Waals surface area (Å²) in [4.78, 5) is 20.3. The van der Waals surface area contributed by atoms with Gasteiger partial charge in [0.1, 0.15) is 0 Å². The van der Waals surface area contributed by atoms with Crippen LogP contribution in [0.1, 0.15) is 52.8 Å². The molecule has 7 aromatic carbocycles. The molecule has 8 rings (SSSR count). The lowest BCUT2D eigenvalue weighted by Crippen LogP contribution is -2.56. The van der Waals surface area contributed by atoms with Crippen LogP contribution in [0.3, 0.4) is 0 Å². The highest BCUT2D eigenvalue weighted by molar-refractivity contribution is 5.92. The average molecular weight is 743 g/mol. The number of hydrogen-bond acceptors (Lipinski definition) is 2. The highest BCUT2D eigenvalue weighted by Crippen LogP contribution is 2.56. The largest absolute Gasteiger partial charge is 0.361 e. The van der Waals surface area contributed by atoms with E-state index in [1.54, 1.807) is 0 Å². The maximum Gasteiger partial charge on any atom is 0.155 e. The number of aromatic nitrogens is 1. The van der Waals surface area contributed by atoms with Gasteiger partial charge >= 0.3 is 0 Å². The van der Waals surface area contributed by atoms with Crippen LogP contribution in [0.4, 0.5) is 0 Å². The van der Waals surface area contributed by atoms with Gasteiger partial charge in [-0.1, -0.05) is 214 Å². The first-order valence-electron chi connectivity index (χ1n) is 20.2. The first-order chi connectivity index (χ1) is 28.1. The third-order valence-corrected chi connectivity index (χ3v) is 12.2. The molecule has 0 fully saturated rings. The molecule has 0 amide bonds. The van der Waals surface area contributed by atoms with Crippen LogP contribution in [0, 0.1) is 11.8 Å². The van der Waals surface area contributed by atoms with E-state index in [0.717, 1.165) is 49.8 Å². The van der Waals surface area contributed by atoms with Crippen molar-refractivity contribution in [3.8, 4) is 0 Å². The summed E-state index contributed by atoms with van der Waals surface area (Å²) in [5, 5.41) is 4.90. The zero-order valence-corrected chi connectivity index (χ0v) is 32.8. The van der Waals surface area contributed by atoms with Crippen molar-refractivity contribution >= 4 is 16.7 Å². The second kappa shape index (κ2) is 16.8. The van der Waals surface area contributed by atoms with Crippen LogP contribution in [0.25, 0.3) is 10.9 Å². The Hall–Kier alpha value is -6.29. The Bertz CT molecular complexity index is 2290. The van der Waals surface area contributed by atoms with Gasteiger partial charge in [-0.05, 0) is 63.9 Å². The van der Waals surface area contributed by atoms with Crippen LogP contribution >= 0.6 is 0 Å². The van der Waals surface area contributed by atoms with Crippen molar-refractivity contribution in [2.75, 3.05) is 6.54 Å². The molecule has 0 aliphatic carbocycles. The molecule has 0 aliphatic rings. The van der Waals surface area contributed by atoms with Crippen LogP contribution in [-0.2, 0) is 22.0 Å². The summed E-state index contributed by atoms with van der Waals surface area (Å²) < 4.78 is 0. The predicted octanol–water partition coefficient (Wildman–Crippen LogP) is 11.6. The molecule has 0 saturated heterocycles. The summed E-state index contributed by atoms with van der Waals surface area (Å²) >= 11 is 0. The Labute approximate surface area is 337 Å². The Kier molecular flexibility index (Phi) is 11.1. The van der Waals surface area contributed by atoms with Crippen molar-refractivity contribution < 1.29 is 4.79 Å². The van der Waals surface area contributed by atoms with Crippen molar-refractivity contribution in [3.05, 3.63) is 251 Å². The molecule has 57 heavy (non-hydrogen) atoms. The van der Waals surface area contributed by atoms with E-state index in [1.165, 1.54) is 0 Å². The fourth-order valence-corrected chi connectivity index (χ4v) is 9.88. The lowest BCUT2D eigenvalue weighted by molar-refractivity contribution is -0.128. The fraction of sp³-hybridized carbons (Fsp3) is 0.167. The summed E-state index contributed by atoms with van der Waals surface area (Å²) in [7, 11) is 0. The fourth-order valence-electron chi connectivity index (χ4n) is 9.88. The molecule has 0 aliphatic heterocycles. The zero-order valence-electron chi connectivity index (χ0n) is 32.8. The van der Waals surface area contributed by atoms with Crippen LogP contribution in [0.2, 0.25) is 0 Å². The summed E-state index contributed by atoms with van der Waals surface area (Å²) in [5.74, 6) is -0.722. The van der Waals surface area contributed by atoms with Gasteiger partial charge in [0.15, 0.2) is 5.78 Å². The van der Waals surface area contributed by atoms with Gasteiger partial charge in [-0.3, -0.25) is 4.79 Å². The summed E-state index contributed by atoms with van der Waals surface area (Å²) in [6.45, 7) is 5.10. The van der Waals surface area contributed by atoms with Crippen molar-refractivity contribution in [1.29, 1.82) is 0 Å². The smallest absolute Gasteiger partial charge is 0.155 e. The number of carbonyl (C=O) groups is 1. The Morgan fingerprint density at radius 2 is 0.860 bits per heavy atom. The van der Waals surface area contributed by atoms with E-state index in [2.05, 4.69) is 237 Å². The summed E-state index contributed by atoms with van der Waals surface area (Å²) in [6.07, 6.45) is 2.63. The number of benzene rings is 7. The topological polar surface area (TPSA) is 44.9 Å². The SMILES string of the molecule is CCN[C@@H](Cc1c[nH]c2ccccc12)C(=O)[C@@H](C(C)C(c1ccccc1)(c1ccccc1)c1ccccc1)C(c1ccccc1)(c1ccccc1)c1ccccc1. The number of carbonyl (C=O) groups excluding carboxylic acids is 1. The van der Waals surface area contributed by atoms with Crippen LogP contribution < -0.4 is 5.32 Å². The summed E-state index contributed by atoms with van der Waals surface area (Å²) in [5.41, 5.74) is 7.23. The third-order valence-electron chi connectivity index (χ3n) is 12.2. The van der Waals surface area contributed by atoms with Crippen LogP contribution in [-0.4, -0.2) is 23.4 Å². The standard InChI is InChI=1S/C54H50N2O/c1-3-55-50(38-41-39-56-49-37-23-22-36-48(41)49)52(57)51(54(45-30-16-7-17-31-45,46-32-18-8-19-33-46)47-34-20-9-21-35-47)40(2)53(42-24-10-4-11-25-42,43-26-12-5-13-27-43)44-28-14-6-15-29-44/h4-37,39-40,50-51,55-56H,3,38H2,1-2H3/t40?,50-,51+/m0/s1. The number of aromatic amines is 1. The Balaban J connectivity index is 1.50. The maximum absolute atomic E-state index is 16.8. The molecule has 1 aromatic heterocycles. The van der Waals surface area contributed by atoms with Gasteiger partial charge in [0.2, 0.25) is 0 Å². The average Bonchev–Trinajstić information content (AvgIpc) is 3.70. The number of likely N-dealkylation sites (N-methyl/N-ethyl adjacent to an activating group) is 1. The Morgan fingerprint density at radius 1 is 0.509 bits per heavy atom. The lowest BCUT2D eigenvalue weighted by atomic mass is 9.49. The number of nitrogens with one attached hydrogen (secondary N) is 2. The van der Waals surface area contributed by atoms with E-state index in [-0.39, 0.29) is 11.7 Å². The van der Waals surface area contributed by atoms with E-state index < -0.39 is 22.8 Å². The van der Waals surface area contributed by atoms with E-state index in [4.69, 9.17) is 0 Å². The molecule has 0 bridgehead atoms. The minimum Gasteiger partial charge on any atom is -0.361 e. The lowest BCUT2D eigenvalue weighted by Gasteiger charge is -2.52. The number of rotatable bonds is 15. The molecule has 1 heterocycles. The molecule has 2 N–H and O–H groups in total. The zero-order chi connectivity index (χ0) is 39.1. The second-order valence-electron chi connectivity index (χ2n) is 15.2. The minimum absolute atomic E-state index is 0.179. The molecule has 8 aromatic rings. The van der Waals surface area contributed by atoms with Gasteiger partial charge in [-0.2, -0.15) is 0 Å². The molecule has 3 atom stereocenters. The molecule has 1 unspecified atom stereocenters. The molecular formula is C54H50N2O. The maximum atomic E-state index is 16.8. The Morgan fingerprint density at radius 3 is 1.25 bits per heavy atom. The minimum atomic E-state index is -0.905. The number of H-pyrrole nitrogens is 1. The van der Waals surface area contributed by atoms with E-state index in [9.17, 15) is 0 Å². The molecular weight excluding hydrogens is 693 g/mol. The molecule has 3 nitrogen and oxygen atoms in total. The van der Waals surface area contributed by atoms with Crippen molar-refractivity contribution in [2.24, 2.45) is 11.8 Å². The quantitative estimate of drug-likeness (QED) is 0.103. The normalized spacial score (nSPS) is 13.5. The highest BCUT2D eigenvalue weighted by Gasteiger charge is 2.57. The summed E-state index contributed by atoms with van der Waals surface area (Å²) in [6, 6.07) is 72.8. The van der Waals surface area contributed by atoms with E-state index in [0.29, 0.717) is 13.0 Å². The van der Waals surface area contributed by atoms with Crippen molar-refractivity contribution in [2.45, 2.75) is 37.1 Å². The van der Waals surface area contributed by atoms with Gasteiger partial charge in [-0.25, -0.2) is 0 Å². The molecule has 0 radical (unpaired) electrons. The van der Waals surface area contributed by atoms with Crippen molar-refractivity contribution in [1.82, 2.24) is 10.3 Å². The monoisotopic (exact) mass is 742 g/mol. The van der Waals surface area contributed by atoms with Gasteiger partial charge < -0.3 is 10.3 Å². The molecule has 282 valence electrons. The van der Waals surface area contributed by atoms with Gasteiger partial charge in [0.25, 0.3) is 0 Å². The van der Waals surface area contributed by atoms with Crippen molar-refractivity contribution in [3.63, 3.8) is 0 Å². The number of hydrogen-bond donors (Lipinski definition) is 2. The van der Waals surface area contributed by atoms with Crippen LogP contribution in [0.5, 0.6) is 0 Å². The van der Waals surface area contributed by atoms with Gasteiger partial charge in [0.05, 0.1) is 11.5 Å². The molecule has 0 saturated carbocycles. The van der Waals surface area contributed by atoms with E-state index in [1.807, 2.05) is 0 Å². The van der Waals surface area contributed by atoms with Gasteiger partial charge in [-0.15, -0.1) is 0 Å². The predicted molar refractivity (Wildman–Crippen MR) is 236 cm³/mol. The first-order valence-corrected chi connectivity index (χ1v) is 20.2. The van der Waals surface area contributed by atoms with E-state index >= 15 is 4.79 Å². The van der Waals surface area contributed by atoms with Gasteiger partial charge in [0, 0.05) is 28.4 Å². The number of para-hydroxylation sites is 1. The number of fused-ring (bicyclic) bond motifs is 1. The molecule has 3 heteroatoms. The number of Topliss-reactive ketones (excluding diaryl/α,β-unsaturated/α-hetero) is 1. The molecule has 0 spiro atoms. The first kappa shape index (κ1) is 37.6. The third kappa shape index (κ3) is 6.83. The highest BCUT2D eigenvalue weighted by atomic mass is 16.1. The van der Waals surface area contributed by atoms with Crippen LogP contribution in [0.15, 0.2) is 212 Å².